The van der Waals surface area contributed by atoms with Crippen LogP contribution >= 0.6 is 0 Å². The van der Waals surface area contributed by atoms with Crippen molar-refractivity contribution in [3.8, 4) is 0 Å². The number of ether oxygens (including phenoxy) is 1. The molecule has 0 aliphatic carbocycles. The molecular formula is C15H24N4O3. The monoisotopic (exact) mass is 308 g/mol. The van der Waals surface area contributed by atoms with Crippen molar-refractivity contribution in [3.05, 3.63) is 39.6 Å². The average Bonchev–Trinajstić information content (AvgIpc) is 2.54. The van der Waals surface area contributed by atoms with Gasteiger partial charge in [0, 0.05) is 39.3 Å². The predicted molar refractivity (Wildman–Crippen MR) is 86.5 cm³/mol. The van der Waals surface area contributed by atoms with Crippen LogP contribution in [0.3, 0.4) is 0 Å². The third-order valence-electron chi connectivity index (χ3n) is 3.77. The Morgan fingerprint density at radius 3 is 2.77 bits per heavy atom. The Kier molecular flexibility index (Phi) is 5.97. The van der Waals surface area contributed by atoms with Crippen LogP contribution < -0.4 is 16.6 Å². The maximum Gasteiger partial charge on any atom is 0.332 e. The van der Waals surface area contributed by atoms with Gasteiger partial charge in [0.2, 0.25) is 0 Å². The van der Waals surface area contributed by atoms with E-state index in [9.17, 15) is 9.59 Å². The van der Waals surface area contributed by atoms with Crippen molar-refractivity contribution in [3.63, 3.8) is 0 Å². The van der Waals surface area contributed by atoms with Crippen LogP contribution in [0.1, 0.15) is 6.42 Å². The van der Waals surface area contributed by atoms with Crippen molar-refractivity contribution in [1.29, 1.82) is 0 Å². The first-order valence-corrected chi connectivity index (χ1v) is 7.59. The van der Waals surface area contributed by atoms with E-state index in [4.69, 9.17) is 4.74 Å². The summed E-state index contributed by atoms with van der Waals surface area (Å²) in [5, 5.41) is 3.19. The van der Waals surface area contributed by atoms with E-state index in [1.807, 2.05) is 0 Å². The summed E-state index contributed by atoms with van der Waals surface area (Å²) in [6.07, 6.45) is 2.59. The molecule has 0 radical (unpaired) electrons. The van der Waals surface area contributed by atoms with Crippen molar-refractivity contribution in [2.75, 3.05) is 44.7 Å². The summed E-state index contributed by atoms with van der Waals surface area (Å²) in [4.78, 5) is 26.2. The number of hydrogen-bond donors (Lipinski definition) is 1. The van der Waals surface area contributed by atoms with Crippen molar-refractivity contribution in [2.24, 2.45) is 7.05 Å². The Labute approximate surface area is 129 Å². The average molecular weight is 308 g/mol. The Morgan fingerprint density at radius 2 is 2.09 bits per heavy atom. The molecule has 1 aromatic rings. The van der Waals surface area contributed by atoms with Gasteiger partial charge in [0.15, 0.2) is 0 Å². The van der Waals surface area contributed by atoms with Gasteiger partial charge in [0.05, 0.1) is 13.2 Å². The Bertz CT molecular complexity index is 614. The van der Waals surface area contributed by atoms with E-state index < -0.39 is 0 Å². The van der Waals surface area contributed by atoms with E-state index in [0.717, 1.165) is 43.8 Å². The molecular weight excluding hydrogens is 284 g/mol. The molecule has 0 atom stereocenters. The number of aromatic nitrogens is 2. The Morgan fingerprint density at radius 1 is 1.36 bits per heavy atom. The van der Waals surface area contributed by atoms with Gasteiger partial charge in [-0.15, -0.1) is 6.58 Å². The summed E-state index contributed by atoms with van der Waals surface area (Å²) >= 11 is 0. The van der Waals surface area contributed by atoms with Gasteiger partial charge in [-0.25, -0.2) is 4.79 Å². The Hall–Kier alpha value is -1.86. The lowest BCUT2D eigenvalue weighted by molar-refractivity contribution is 0.0378. The summed E-state index contributed by atoms with van der Waals surface area (Å²) in [6.45, 7) is 9.23. The smallest absolute Gasteiger partial charge is 0.332 e. The van der Waals surface area contributed by atoms with Crippen molar-refractivity contribution in [1.82, 2.24) is 14.0 Å². The number of nitrogens with zero attached hydrogens (tertiary/aromatic N) is 3. The van der Waals surface area contributed by atoms with Gasteiger partial charge in [-0.05, 0) is 13.0 Å². The van der Waals surface area contributed by atoms with Gasteiger partial charge in [0.25, 0.3) is 5.56 Å². The van der Waals surface area contributed by atoms with E-state index >= 15 is 0 Å². The second kappa shape index (κ2) is 7.95. The molecule has 0 unspecified atom stereocenters. The van der Waals surface area contributed by atoms with E-state index in [1.165, 1.54) is 17.7 Å². The number of rotatable bonds is 7. The highest BCUT2D eigenvalue weighted by Crippen LogP contribution is 2.03. The van der Waals surface area contributed by atoms with E-state index in [2.05, 4.69) is 16.8 Å². The van der Waals surface area contributed by atoms with Crippen LogP contribution in [-0.2, 0) is 18.3 Å². The van der Waals surface area contributed by atoms with Gasteiger partial charge in [0.1, 0.15) is 5.82 Å². The molecule has 0 aromatic carbocycles. The highest BCUT2D eigenvalue weighted by molar-refractivity contribution is 5.34. The fourth-order valence-corrected chi connectivity index (χ4v) is 2.47. The maximum atomic E-state index is 12.1. The summed E-state index contributed by atoms with van der Waals surface area (Å²) in [7, 11) is 1.48. The molecule has 1 fully saturated rings. The molecule has 1 aromatic heterocycles. The number of nitrogens with one attached hydrogen (secondary N) is 1. The third-order valence-corrected chi connectivity index (χ3v) is 3.77. The third kappa shape index (κ3) is 4.08. The molecule has 0 amide bonds. The lowest BCUT2D eigenvalue weighted by Crippen LogP contribution is -2.39. The molecule has 1 aliphatic heterocycles. The van der Waals surface area contributed by atoms with Crippen LogP contribution in [0.2, 0.25) is 0 Å². The zero-order valence-electron chi connectivity index (χ0n) is 13.1. The molecule has 0 bridgehead atoms. The lowest BCUT2D eigenvalue weighted by atomic mass is 10.3. The minimum Gasteiger partial charge on any atom is -0.379 e. The molecule has 0 saturated carbocycles. The first-order chi connectivity index (χ1) is 10.6. The minimum atomic E-state index is -0.330. The van der Waals surface area contributed by atoms with Gasteiger partial charge in [-0.2, -0.15) is 0 Å². The van der Waals surface area contributed by atoms with Crippen molar-refractivity contribution >= 4 is 5.82 Å². The van der Waals surface area contributed by atoms with Crippen LogP contribution in [0.25, 0.3) is 0 Å². The van der Waals surface area contributed by atoms with Crippen molar-refractivity contribution in [2.45, 2.75) is 13.0 Å². The molecule has 1 aliphatic rings. The quantitative estimate of drug-likeness (QED) is 0.561. The van der Waals surface area contributed by atoms with E-state index in [-0.39, 0.29) is 11.2 Å². The standard InChI is InChI=1S/C15H24N4O3/c1-3-6-19-13(12-14(20)17(2)15(19)21)16-5-4-7-18-8-10-22-11-9-18/h3,12,16H,1,4-11H2,2H3. The van der Waals surface area contributed by atoms with Crippen LogP contribution in [0.15, 0.2) is 28.3 Å². The molecule has 1 N–H and O–H groups in total. The van der Waals surface area contributed by atoms with E-state index in [0.29, 0.717) is 18.9 Å². The lowest BCUT2D eigenvalue weighted by Gasteiger charge is -2.26. The zero-order chi connectivity index (χ0) is 15.9. The SMILES string of the molecule is C=CCn1c(NCCCN2CCOCC2)cc(=O)n(C)c1=O. The van der Waals surface area contributed by atoms with Crippen LogP contribution in [0, 0.1) is 0 Å². The summed E-state index contributed by atoms with van der Waals surface area (Å²) in [5.41, 5.74) is -0.635. The Balaban J connectivity index is 1.95. The topological polar surface area (TPSA) is 68.5 Å². The van der Waals surface area contributed by atoms with Gasteiger partial charge in [-0.3, -0.25) is 18.8 Å². The van der Waals surface area contributed by atoms with Gasteiger partial charge >= 0.3 is 5.69 Å². The molecule has 2 rings (SSSR count). The molecule has 7 heteroatoms. The first kappa shape index (κ1) is 16.5. The number of hydrogen-bond acceptors (Lipinski definition) is 5. The highest BCUT2D eigenvalue weighted by Gasteiger charge is 2.10. The summed E-state index contributed by atoms with van der Waals surface area (Å²) < 4.78 is 7.93. The number of allylic oxidation sites excluding steroid dienone is 1. The second-order valence-corrected chi connectivity index (χ2v) is 5.34. The van der Waals surface area contributed by atoms with Crippen LogP contribution in [0.4, 0.5) is 5.82 Å². The molecule has 7 nitrogen and oxygen atoms in total. The minimum absolute atomic E-state index is 0.305. The summed E-state index contributed by atoms with van der Waals surface area (Å²) in [6, 6.07) is 1.46. The molecule has 22 heavy (non-hydrogen) atoms. The zero-order valence-corrected chi connectivity index (χ0v) is 13.1. The summed E-state index contributed by atoms with van der Waals surface area (Å²) in [5.74, 6) is 0.551. The predicted octanol–water partition coefficient (Wildman–Crippen LogP) is -0.133. The van der Waals surface area contributed by atoms with Crippen LogP contribution in [-0.4, -0.2) is 53.4 Å². The number of anilines is 1. The molecule has 2 heterocycles. The van der Waals surface area contributed by atoms with Crippen molar-refractivity contribution < 1.29 is 4.74 Å². The molecule has 122 valence electrons. The molecule has 1 saturated heterocycles. The number of morpholine rings is 1. The fraction of sp³-hybridized carbons (Fsp3) is 0.600. The van der Waals surface area contributed by atoms with E-state index in [1.54, 1.807) is 6.08 Å². The highest BCUT2D eigenvalue weighted by atomic mass is 16.5. The second-order valence-electron chi connectivity index (χ2n) is 5.34. The maximum absolute atomic E-state index is 12.1. The van der Waals surface area contributed by atoms with Crippen LogP contribution in [0.5, 0.6) is 0 Å². The fourth-order valence-electron chi connectivity index (χ4n) is 2.47. The normalized spacial score (nSPS) is 15.7. The van der Waals surface area contributed by atoms with Gasteiger partial charge < -0.3 is 10.1 Å². The van der Waals surface area contributed by atoms with Gasteiger partial charge in [-0.1, -0.05) is 6.08 Å². The first-order valence-electron chi connectivity index (χ1n) is 7.59. The molecule has 0 spiro atoms. The largest absolute Gasteiger partial charge is 0.379 e.